The second-order valence-corrected chi connectivity index (χ2v) is 22.9. The first-order chi connectivity index (χ1) is 36.1. The summed E-state index contributed by atoms with van der Waals surface area (Å²) in [5, 5.41) is 3.72. The van der Waals surface area contributed by atoms with Crippen LogP contribution in [0.15, 0.2) is 107 Å². The number of hydrogen-bond acceptors (Lipinski definition) is 13. The number of hydroxylamine groups is 2. The zero-order valence-electron chi connectivity index (χ0n) is 44.4. The first-order valence-corrected chi connectivity index (χ1v) is 28.5. The quantitative estimate of drug-likeness (QED) is 0.0197. The molecule has 0 saturated carbocycles. The van der Waals surface area contributed by atoms with Crippen molar-refractivity contribution in [3.05, 3.63) is 119 Å². The fourth-order valence-corrected chi connectivity index (χ4v) is 12.0. The highest BCUT2D eigenvalue weighted by Gasteiger charge is 2.47. The molecule has 2 amide bonds. The van der Waals surface area contributed by atoms with Gasteiger partial charge in [-0.1, -0.05) is 49.3 Å². The number of rotatable bonds is 26. The molecule has 4 aromatic carbocycles. The molecule has 1 atom stereocenters. The van der Waals surface area contributed by atoms with Gasteiger partial charge in [0, 0.05) is 81.1 Å². The number of aryl methyl sites for hydroxylation is 2. The number of ether oxygens (including phenoxy) is 4. The van der Waals surface area contributed by atoms with E-state index in [0.29, 0.717) is 101 Å². The van der Waals surface area contributed by atoms with Gasteiger partial charge in [-0.15, -0.1) is 5.06 Å². The first kappa shape index (κ1) is 57.8. The second kappa shape index (κ2) is 24.6. The van der Waals surface area contributed by atoms with Crippen molar-refractivity contribution >= 4 is 76.7 Å². The van der Waals surface area contributed by atoms with E-state index in [9.17, 15) is 40.3 Å². The van der Waals surface area contributed by atoms with Crippen LogP contribution in [-0.4, -0.2) is 126 Å². The van der Waals surface area contributed by atoms with E-state index in [1.54, 1.807) is 26.4 Å². The molecule has 19 heteroatoms. The van der Waals surface area contributed by atoms with Crippen molar-refractivity contribution in [3.8, 4) is 0 Å². The van der Waals surface area contributed by atoms with E-state index in [0.717, 1.165) is 55.6 Å². The lowest BCUT2D eigenvalue weighted by atomic mass is 9.75. The van der Waals surface area contributed by atoms with Gasteiger partial charge in [0.05, 0.1) is 41.6 Å². The van der Waals surface area contributed by atoms with Gasteiger partial charge in [0.1, 0.15) is 6.61 Å². The number of anilines is 1. The molecule has 408 valence electrons. The Hall–Kier alpha value is -5.90. The van der Waals surface area contributed by atoms with Gasteiger partial charge < -0.3 is 28.7 Å². The van der Waals surface area contributed by atoms with Crippen molar-refractivity contribution in [2.75, 3.05) is 71.9 Å². The lowest BCUT2D eigenvalue weighted by Crippen LogP contribution is -2.32. The second-order valence-electron chi connectivity index (χ2n) is 20.0. The summed E-state index contributed by atoms with van der Waals surface area (Å²) in [7, 11) is -5.80. The Morgan fingerprint density at radius 3 is 1.88 bits per heavy atom. The molecule has 1 saturated heterocycles. The predicted octanol–water partition coefficient (Wildman–Crippen LogP) is 9.08. The third-order valence-electron chi connectivity index (χ3n) is 14.4. The molecule has 17 nitrogen and oxygen atoms in total. The van der Waals surface area contributed by atoms with E-state index in [1.165, 1.54) is 12.1 Å². The van der Waals surface area contributed by atoms with Crippen LogP contribution in [0.5, 0.6) is 0 Å². The fourth-order valence-electron chi connectivity index (χ4n) is 10.8. The number of allylic oxidation sites excluding steroid dienone is 8. The van der Waals surface area contributed by atoms with Gasteiger partial charge in [0.15, 0.2) is 12.3 Å². The predicted molar refractivity (Wildman–Crippen MR) is 290 cm³/mol. The number of amides is 2. The summed E-state index contributed by atoms with van der Waals surface area (Å²) in [5.41, 5.74) is 5.68. The highest BCUT2D eigenvalue weighted by Crippen LogP contribution is 2.54. The highest BCUT2D eigenvalue weighted by atomic mass is 32.2. The Morgan fingerprint density at radius 1 is 0.684 bits per heavy atom. The molecule has 7 rings (SSSR count). The van der Waals surface area contributed by atoms with Crippen molar-refractivity contribution < 1.29 is 68.7 Å². The van der Waals surface area contributed by atoms with E-state index in [1.807, 2.05) is 68.5 Å². The molecule has 0 aliphatic carbocycles. The minimum absolute atomic E-state index is 0.00509. The maximum atomic E-state index is 12.7. The summed E-state index contributed by atoms with van der Waals surface area (Å²) in [5.74, 6) is -1.74. The Labute approximate surface area is 445 Å². The first-order valence-electron chi connectivity index (χ1n) is 25.6. The largest absolute Gasteiger partial charge is 0.382 e. The van der Waals surface area contributed by atoms with Crippen molar-refractivity contribution in [2.24, 2.45) is 0 Å². The van der Waals surface area contributed by atoms with Crippen LogP contribution in [0.1, 0.15) is 94.4 Å². The van der Waals surface area contributed by atoms with Crippen LogP contribution in [0.2, 0.25) is 0 Å². The van der Waals surface area contributed by atoms with Crippen LogP contribution >= 0.6 is 0 Å². The summed E-state index contributed by atoms with van der Waals surface area (Å²) in [6.45, 7) is 13.7. The van der Waals surface area contributed by atoms with E-state index < -0.39 is 48.8 Å². The molecular weight excluding hydrogens is 1010 g/mol. The smallest absolute Gasteiger partial charge is 0.333 e. The molecule has 1 unspecified atom stereocenters. The maximum Gasteiger partial charge on any atom is 0.333 e. The van der Waals surface area contributed by atoms with Crippen molar-refractivity contribution in [2.45, 2.75) is 107 Å². The fraction of sp³-hybridized carbons (Fsp3) is 0.439. The number of carbonyl (C=O) groups is 3. The summed E-state index contributed by atoms with van der Waals surface area (Å²) in [6, 6.07) is 14.1. The van der Waals surface area contributed by atoms with Crippen LogP contribution in [0.25, 0.3) is 21.5 Å². The molecule has 0 radical (unpaired) electrons. The Kier molecular flexibility index (Phi) is 18.7. The average molecular weight is 1090 g/mol. The maximum absolute atomic E-state index is 12.7. The van der Waals surface area contributed by atoms with E-state index in [4.69, 9.17) is 23.8 Å². The van der Waals surface area contributed by atoms with Gasteiger partial charge >= 0.3 is 5.97 Å². The third kappa shape index (κ3) is 12.7. The number of benzene rings is 4. The molecule has 3 heterocycles. The van der Waals surface area contributed by atoms with E-state index in [-0.39, 0.29) is 29.1 Å². The average Bonchev–Trinajstić information content (AvgIpc) is 3.90. The van der Waals surface area contributed by atoms with Gasteiger partial charge in [-0.05, 0) is 135 Å². The molecule has 0 spiro atoms. The molecule has 4 aromatic rings. The van der Waals surface area contributed by atoms with Gasteiger partial charge in [-0.2, -0.15) is 21.4 Å². The standard InChI is InChI=1S/C57H69N3O14S2/c1-39-35-41(75(64,65)66)37-45-43(39)20-22-47-54(45)56(3,4)49(59(47)28-30-73-34-32-71-7)17-12-9-8-10-13-18-50-57(5,26-15-11-14-19-53(63)74-60-51(61)24-25-52(60)62)55-46-38-42(76(67,68)69)36-40(2)44(46)21-23-48(55)58(50)27-16-29-72-33-31-70-6/h8-10,12-13,17-18,20-23,35-38H,11,14-16,19,24-34H2,1-7H3,(H-,64,65,66,67,68,69)/p+1. The van der Waals surface area contributed by atoms with Gasteiger partial charge in [0.25, 0.3) is 32.1 Å². The number of carbonyl (C=O) groups excluding carboxylic acids is 3. The topological polar surface area (TPSA) is 216 Å². The Bertz CT molecular complexity index is 3250. The summed E-state index contributed by atoms with van der Waals surface area (Å²) in [6.07, 6.45) is 16.8. The summed E-state index contributed by atoms with van der Waals surface area (Å²) in [4.78, 5) is 43.8. The van der Waals surface area contributed by atoms with Crippen molar-refractivity contribution in [1.82, 2.24) is 5.06 Å². The van der Waals surface area contributed by atoms with Crippen LogP contribution < -0.4 is 4.90 Å². The third-order valence-corrected chi connectivity index (χ3v) is 16.1. The lowest BCUT2D eigenvalue weighted by Gasteiger charge is -2.31. The van der Waals surface area contributed by atoms with E-state index in [2.05, 4.69) is 42.4 Å². The van der Waals surface area contributed by atoms with Crippen LogP contribution in [0, 0.1) is 13.8 Å². The summed E-state index contributed by atoms with van der Waals surface area (Å²) >= 11 is 0. The number of fused-ring (bicyclic) bond motifs is 6. The monoisotopic (exact) mass is 1080 g/mol. The molecule has 0 aromatic heterocycles. The zero-order valence-corrected chi connectivity index (χ0v) is 46.1. The van der Waals surface area contributed by atoms with Gasteiger partial charge in [-0.25, -0.2) is 4.79 Å². The minimum atomic E-state index is -4.56. The number of unbranched alkanes of at least 4 members (excludes halogenated alkanes) is 2. The molecule has 0 bridgehead atoms. The van der Waals surface area contributed by atoms with Gasteiger partial charge in [-0.3, -0.25) is 18.7 Å². The van der Waals surface area contributed by atoms with Gasteiger partial charge in [0.2, 0.25) is 5.69 Å². The SMILES string of the molecule is COCCOCCCN1/C(=C/C=C/C=C/C=C/C2=[N+](CCOCCOC)c3ccc4c(C)cc(S(=O)(=O)O)cc4c3C2(C)C)C(C)(CCCCCC(=O)ON2C(=O)CCC2=O)c2c1ccc1c(C)cc(S(=O)(=O)O)cc21. The van der Waals surface area contributed by atoms with Crippen LogP contribution in [0.4, 0.5) is 11.4 Å². The van der Waals surface area contributed by atoms with Crippen LogP contribution in [-0.2, 0) is 69.2 Å². The summed E-state index contributed by atoms with van der Waals surface area (Å²) < 4.78 is 94.9. The molecule has 3 aliphatic rings. The number of nitrogens with zero attached hydrogens (tertiary/aromatic N) is 3. The Morgan fingerprint density at radius 2 is 1.26 bits per heavy atom. The minimum Gasteiger partial charge on any atom is -0.382 e. The normalized spacial score (nSPS) is 18.4. The lowest BCUT2D eigenvalue weighted by molar-refractivity contribution is -0.442. The number of methoxy groups -OCH3 is 2. The zero-order chi connectivity index (χ0) is 55.0. The molecule has 2 N–H and O–H groups in total. The molecule has 3 aliphatic heterocycles. The molecular formula is C57H70N3O14S2+. The van der Waals surface area contributed by atoms with Crippen LogP contribution in [0.3, 0.4) is 0 Å². The number of imide groups is 1. The Balaban J connectivity index is 1.21. The highest BCUT2D eigenvalue weighted by molar-refractivity contribution is 7.86. The molecule has 76 heavy (non-hydrogen) atoms. The van der Waals surface area contributed by atoms with Crippen molar-refractivity contribution in [1.29, 1.82) is 0 Å². The molecule has 1 fully saturated rings. The number of hydrogen-bond donors (Lipinski definition) is 2. The van der Waals surface area contributed by atoms with Crippen molar-refractivity contribution in [3.63, 3.8) is 0 Å². The van der Waals surface area contributed by atoms with E-state index >= 15 is 0 Å².